The maximum Gasteiger partial charge on any atom is 0.244 e. The van der Waals surface area contributed by atoms with Crippen LogP contribution in [0.4, 0.5) is 0 Å². The average molecular weight is 329 g/mol. The molecule has 3 aromatic carbocycles. The highest BCUT2D eigenvalue weighted by Gasteiger charge is 2.12. The largest absolute Gasteiger partial charge is 0.496 e. The molecule has 0 spiro atoms. The van der Waals surface area contributed by atoms with E-state index in [-0.39, 0.29) is 0 Å². The fourth-order valence-corrected chi connectivity index (χ4v) is 3.27. The van der Waals surface area contributed by atoms with Crippen molar-refractivity contribution in [1.29, 1.82) is 0 Å². The Balaban J connectivity index is 1.59. The first-order valence-corrected chi connectivity index (χ1v) is 8.47. The van der Waals surface area contributed by atoms with Gasteiger partial charge in [-0.25, -0.2) is 9.13 Å². The van der Waals surface area contributed by atoms with Gasteiger partial charge in [0.25, 0.3) is 0 Å². The van der Waals surface area contributed by atoms with E-state index in [0.717, 1.165) is 24.2 Å². The zero-order valence-electron chi connectivity index (χ0n) is 14.3. The van der Waals surface area contributed by atoms with Crippen LogP contribution in [0.3, 0.4) is 0 Å². The molecule has 25 heavy (non-hydrogen) atoms. The SMILES string of the molecule is COc1c(Cn2cc[n+](Cc3ccccc3)c2)ccc2ccccc12. The van der Waals surface area contributed by atoms with E-state index in [2.05, 4.69) is 88.5 Å². The van der Waals surface area contributed by atoms with Gasteiger partial charge in [-0.1, -0.05) is 66.7 Å². The topological polar surface area (TPSA) is 18.0 Å². The van der Waals surface area contributed by atoms with Gasteiger partial charge in [-0.2, -0.15) is 0 Å². The first-order chi connectivity index (χ1) is 12.3. The van der Waals surface area contributed by atoms with E-state index in [9.17, 15) is 0 Å². The molecule has 0 radical (unpaired) electrons. The van der Waals surface area contributed by atoms with Crippen LogP contribution in [0, 0.1) is 0 Å². The molecule has 0 aliphatic heterocycles. The molecule has 0 saturated carbocycles. The molecule has 124 valence electrons. The molecule has 1 aromatic heterocycles. The smallest absolute Gasteiger partial charge is 0.244 e. The van der Waals surface area contributed by atoms with Gasteiger partial charge < -0.3 is 4.74 Å². The predicted molar refractivity (Wildman–Crippen MR) is 99.8 cm³/mol. The zero-order valence-corrected chi connectivity index (χ0v) is 14.3. The van der Waals surface area contributed by atoms with Gasteiger partial charge >= 0.3 is 0 Å². The van der Waals surface area contributed by atoms with Crippen molar-refractivity contribution >= 4 is 10.8 Å². The molecule has 0 unspecified atom stereocenters. The second kappa shape index (κ2) is 6.81. The molecule has 1 heterocycles. The molecule has 0 bridgehead atoms. The van der Waals surface area contributed by atoms with Crippen LogP contribution in [0.5, 0.6) is 5.75 Å². The molecule has 0 amide bonds. The minimum atomic E-state index is 0.787. The van der Waals surface area contributed by atoms with E-state index in [1.165, 1.54) is 16.5 Å². The number of nitrogens with zero attached hydrogens (tertiary/aromatic N) is 2. The lowest BCUT2D eigenvalue weighted by molar-refractivity contribution is -0.687. The fourth-order valence-electron chi connectivity index (χ4n) is 3.27. The molecular formula is C22H21N2O+. The summed E-state index contributed by atoms with van der Waals surface area (Å²) in [5, 5.41) is 2.36. The van der Waals surface area contributed by atoms with E-state index in [4.69, 9.17) is 4.74 Å². The van der Waals surface area contributed by atoms with Crippen LogP contribution in [0.1, 0.15) is 11.1 Å². The molecule has 0 fully saturated rings. The van der Waals surface area contributed by atoms with Crippen molar-refractivity contribution in [3.8, 4) is 5.75 Å². The number of benzene rings is 3. The van der Waals surface area contributed by atoms with Gasteiger partial charge in [0.05, 0.1) is 7.11 Å². The highest BCUT2D eigenvalue weighted by Crippen LogP contribution is 2.30. The molecule has 3 nitrogen and oxygen atoms in total. The van der Waals surface area contributed by atoms with Crippen LogP contribution in [-0.4, -0.2) is 11.7 Å². The van der Waals surface area contributed by atoms with E-state index >= 15 is 0 Å². The summed E-state index contributed by atoms with van der Waals surface area (Å²) in [7, 11) is 1.75. The average Bonchev–Trinajstić information content (AvgIpc) is 3.09. The van der Waals surface area contributed by atoms with E-state index < -0.39 is 0 Å². The Morgan fingerprint density at radius 2 is 1.72 bits per heavy atom. The summed E-state index contributed by atoms with van der Waals surface area (Å²) < 4.78 is 10.1. The van der Waals surface area contributed by atoms with Crippen molar-refractivity contribution in [1.82, 2.24) is 4.57 Å². The Labute approximate surface area is 147 Å². The van der Waals surface area contributed by atoms with Gasteiger partial charge in [0.15, 0.2) is 0 Å². The first kappa shape index (κ1) is 15.5. The summed E-state index contributed by atoms with van der Waals surface area (Å²) in [6.07, 6.45) is 6.36. The van der Waals surface area contributed by atoms with Gasteiger partial charge in [0, 0.05) is 10.9 Å². The van der Waals surface area contributed by atoms with Gasteiger partial charge in [0.2, 0.25) is 6.33 Å². The first-order valence-electron chi connectivity index (χ1n) is 8.47. The maximum absolute atomic E-state index is 5.71. The summed E-state index contributed by atoms with van der Waals surface area (Å²) in [5.74, 6) is 0.960. The lowest BCUT2D eigenvalue weighted by atomic mass is 10.1. The summed E-state index contributed by atoms with van der Waals surface area (Å²) in [6, 6.07) is 23.2. The third-order valence-electron chi connectivity index (χ3n) is 4.47. The van der Waals surface area contributed by atoms with Crippen LogP contribution >= 0.6 is 0 Å². The Morgan fingerprint density at radius 1 is 0.920 bits per heavy atom. The number of methoxy groups -OCH3 is 1. The molecule has 0 N–H and O–H groups in total. The van der Waals surface area contributed by atoms with E-state index in [1.807, 2.05) is 6.07 Å². The van der Waals surface area contributed by atoms with Crippen LogP contribution < -0.4 is 9.30 Å². The van der Waals surface area contributed by atoms with Crippen molar-refractivity contribution in [2.45, 2.75) is 13.1 Å². The molecule has 3 heteroatoms. The van der Waals surface area contributed by atoms with Crippen molar-refractivity contribution in [3.05, 3.63) is 96.6 Å². The summed E-state index contributed by atoms with van der Waals surface area (Å²) in [5.41, 5.74) is 2.48. The standard InChI is InChI=1S/C22H21N2O/c1-25-22-20(12-11-19-9-5-6-10-21(19)22)16-24-14-13-23(17-24)15-18-7-3-2-4-8-18/h2-14,17H,15-16H2,1H3/q+1. The highest BCUT2D eigenvalue weighted by molar-refractivity contribution is 5.89. The van der Waals surface area contributed by atoms with Crippen LogP contribution in [0.25, 0.3) is 10.8 Å². The quantitative estimate of drug-likeness (QED) is 0.506. The molecule has 0 aliphatic rings. The number of imidazole rings is 1. The zero-order chi connectivity index (χ0) is 17.1. The third-order valence-corrected chi connectivity index (χ3v) is 4.47. The van der Waals surface area contributed by atoms with Crippen molar-refractivity contribution in [3.63, 3.8) is 0 Å². The highest BCUT2D eigenvalue weighted by atomic mass is 16.5. The lowest BCUT2D eigenvalue weighted by Crippen LogP contribution is -2.31. The van der Waals surface area contributed by atoms with E-state index in [0.29, 0.717) is 0 Å². The molecule has 4 aromatic rings. The summed E-state index contributed by atoms with van der Waals surface area (Å²) >= 11 is 0. The Morgan fingerprint density at radius 3 is 2.56 bits per heavy atom. The number of hydrogen-bond acceptors (Lipinski definition) is 1. The van der Waals surface area contributed by atoms with Crippen molar-refractivity contribution in [2.24, 2.45) is 0 Å². The number of rotatable bonds is 5. The van der Waals surface area contributed by atoms with Crippen molar-refractivity contribution < 1.29 is 9.30 Å². The number of aromatic nitrogens is 2. The number of hydrogen-bond donors (Lipinski definition) is 0. The molecule has 0 saturated heterocycles. The van der Waals surface area contributed by atoms with Gasteiger partial charge in [-0.15, -0.1) is 0 Å². The summed E-state index contributed by atoms with van der Waals surface area (Å²) in [4.78, 5) is 0. The normalized spacial score (nSPS) is 10.9. The fraction of sp³-hybridized carbons (Fsp3) is 0.136. The maximum atomic E-state index is 5.71. The Kier molecular flexibility index (Phi) is 4.21. The molecule has 0 aliphatic carbocycles. The number of ether oxygens (including phenoxy) is 1. The lowest BCUT2D eigenvalue weighted by Gasteiger charge is -2.10. The predicted octanol–water partition coefficient (Wildman–Crippen LogP) is 4.03. The van der Waals surface area contributed by atoms with Crippen LogP contribution in [-0.2, 0) is 13.1 Å². The molecular weight excluding hydrogens is 308 g/mol. The van der Waals surface area contributed by atoms with Crippen molar-refractivity contribution in [2.75, 3.05) is 7.11 Å². The van der Waals surface area contributed by atoms with Gasteiger partial charge in [-0.05, 0) is 10.9 Å². The number of fused-ring (bicyclic) bond motifs is 1. The third kappa shape index (κ3) is 3.26. The van der Waals surface area contributed by atoms with E-state index in [1.54, 1.807) is 7.11 Å². The monoisotopic (exact) mass is 329 g/mol. The second-order valence-corrected chi connectivity index (χ2v) is 6.22. The Hall–Kier alpha value is -3.07. The van der Waals surface area contributed by atoms with Gasteiger partial charge in [0.1, 0.15) is 31.2 Å². The van der Waals surface area contributed by atoms with Crippen LogP contribution in [0.15, 0.2) is 85.5 Å². The van der Waals surface area contributed by atoms with Crippen LogP contribution in [0.2, 0.25) is 0 Å². The van der Waals surface area contributed by atoms with Gasteiger partial charge in [-0.3, -0.25) is 0 Å². The molecule has 4 rings (SSSR count). The minimum Gasteiger partial charge on any atom is -0.496 e. The minimum absolute atomic E-state index is 0.787. The Bertz CT molecular complexity index is 989. The summed E-state index contributed by atoms with van der Waals surface area (Å²) in [6.45, 7) is 1.67. The molecule has 0 atom stereocenters. The second-order valence-electron chi connectivity index (χ2n) is 6.22.